The van der Waals surface area contributed by atoms with E-state index in [2.05, 4.69) is 20.0 Å². The first kappa shape index (κ1) is 22.2. The molecule has 0 bridgehead atoms. The third-order valence-electron chi connectivity index (χ3n) is 4.28. The van der Waals surface area contributed by atoms with Gasteiger partial charge in [-0.05, 0) is 31.3 Å². The molecule has 0 spiro atoms. The Hall–Kier alpha value is -2.48. The van der Waals surface area contributed by atoms with E-state index in [0.29, 0.717) is 11.9 Å². The Bertz CT molecular complexity index is 986. The number of benzene rings is 1. The lowest BCUT2D eigenvalue weighted by molar-refractivity contribution is -0.141. The zero-order valence-corrected chi connectivity index (χ0v) is 16.5. The molecule has 2 aromatic rings. The second-order valence-corrected chi connectivity index (χ2v) is 8.24. The van der Waals surface area contributed by atoms with E-state index in [9.17, 15) is 26.7 Å². The second kappa shape index (κ2) is 8.71. The quantitative estimate of drug-likeness (QED) is 0.610. The number of anilines is 2. The van der Waals surface area contributed by atoms with Crippen LogP contribution in [-0.2, 0) is 20.9 Å². The SMILES string of the molecule is CNS(=O)(=O)c1ccc(Nc2ncc(C(F)(F)F)c(O[C@H]3CCOC[C@H]3O)n2)cc1. The molecular weight excluding hydrogens is 429 g/mol. The number of halogens is 3. The van der Waals surface area contributed by atoms with E-state index in [1.807, 2.05) is 0 Å². The monoisotopic (exact) mass is 448 g/mol. The molecule has 3 N–H and O–H groups in total. The average Bonchev–Trinajstić information content (AvgIpc) is 2.69. The molecule has 3 rings (SSSR count). The molecule has 1 aliphatic rings. The number of aliphatic hydroxyl groups excluding tert-OH is 1. The standard InChI is InChI=1S/C17H19F3N4O5S/c1-21-30(26,27)11-4-2-10(3-5-11)23-16-22-8-12(17(18,19)20)15(24-16)29-14-6-7-28-9-13(14)25/h2-5,8,13-14,21,25H,6-7,9H2,1H3,(H,22,23,24)/t13-,14+/m1/s1. The van der Waals surface area contributed by atoms with Crippen LogP contribution in [0.25, 0.3) is 0 Å². The molecule has 0 radical (unpaired) electrons. The molecule has 9 nitrogen and oxygen atoms in total. The third-order valence-corrected chi connectivity index (χ3v) is 5.71. The van der Waals surface area contributed by atoms with Crippen LogP contribution in [0, 0.1) is 0 Å². The van der Waals surface area contributed by atoms with Crippen molar-refractivity contribution in [3.8, 4) is 5.88 Å². The molecule has 1 aromatic heterocycles. The van der Waals surface area contributed by atoms with Crippen molar-refractivity contribution in [3.63, 3.8) is 0 Å². The Labute approximate surface area is 170 Å². The molecule has 0 aliphatic carbocycles. The Kier molecular flexibility index (Phi) is 6.45. The summed E-state index contributed by atoms with van der Waals surface area (Å²) in [5.41, 5.74) is -0.830. The van der Waals surface area contributed by atoms with Gasteiger partial charge in [-0.3, -0.25) is 0 Å². The normalized spacial score (nSPS) is 20.0. The highest BCUT2D eigenvalue weighted by atomic mass is 32.2. The minimum atomic E-state index is -4.76. The minimum absolute atomic E-state index is 0.0152. The second-order valence-electron chi connectivity index (χ2n) is 6.35. The largest absolute Gasteiger partial charge is 0.471 e. The first-order valence-corrected chi connectivity index (χ1v) is 10.3. The molecule has 0 saturated carbocycles. The van der Waals surface area contributed by atoms with Crippen LogP contribution in [0.1, 0.15) is 12.0 Å². The van der Waals surface area contributed by atoms with Crippen molar-refractivity contribution in [2.24, 2.45) is 0 Å². The third kappa shape index (κ3) is 5.16. The molecule has 1 fully saturated rings. The lowest BCUT2D eigenvalue weighted by Crippen LogP contribution is -2.41. The van der Waals surface area contributed by atoms with Crippen LogP contribution in [0.2, 0.25) is 0 Å². The maximum absolute atomic E-state index is 13.3. The van der Waals surface area contributed by atoms with Crippen molar-refractivity contribution in [1.29, 1.82) is 0 Å². The molecule has 2 atom stereocenters. The molecule has 1 saturated heterocycles. The molecule has 164 valence electrons. The summed E-state index contributed by atoms with van der Waals surface area (Å²) in [6, 6.07) is 5.45. The maximum atomic E-state index is 13.3. The highest BCUT2D eigenvalue weighted by Crippen LogP contribution is 2.36. The summed E-state index contributed by atoms with van der Waals surface area (Å²) >= 11 is 0. The van der Waals surface area contributed by atoms with E-state index in [0.717, 1.165) is 0 Å². The van der Waals surface area contributed by atoms with Crippen LogP contribution >= 0.6 is 0 Å². The van der Waals surface area contributed by atoms with Crippen LogP contribution in [0.15, 0.2) is 35.4 Å². The van der Waals surface area contributed by atoms with Gasteiger partial charge in [-0.2, -0.15) is 18.2 Å². The number of hydrogen-bond acceptors (Lipinski definition) is 8. The van der Waals surface area contributed by atoms with Crippen molar-refractivity contribution >= 4 is 21.7 Å². The van der Waals surface area contributed by atoms with E-state index >= 15 is 0 Å². The van der Waals surface area contributed by atoms with E-state index in [1.165, 1.54) is 31.3 Å². The number of hydrogen-bond donors (Lipinski definition) is 3. The highest BCUT2D eigenvalue weighted by molar-refractivity contribution is 7.89. The lowest BCUT2D eigenvalue weighted by Gasteiger charge is -2.28. The highest BCUT2D eigenvalue weighted by Gasteiger charge is 2.38. The fourth-order valence-electron chi connectivity index (χ4n) is 2.66. The molecule has 0 amide bonds. The number of nitrogens with zero attached hydrogens (tertiary/aromatic N) is 2. The fraction of sp³-hybridized carbons (Fsp3) is 0.412. The predicted molar refractivity (Wildman–Crippen MR) is 98.9 cm³/mol. The Morgan fingerprint density at radius 2 is 1.97 bits per heavy atom. The van der Waals surface area contributed by atoms with Gasteiger partial charge in [-0.1, -0.05) is 0 Å². The van der Waals surface area contributed by atoms with Gasteiger partial charge in [0.05, 0.1) is 18.1 Å². The van der Waals surface area contributed by atoms with E-state index < -0.39 is 39.9 Å². The zero-order valence-electron chi connectivity index (χ0n) is 15.7. The summed E-state index contributed by atoms with van der Waals surface area (Å²) in [5, 5.41) is 12.6. The zero-order chi connectivity index (χ0) is 21.9. The Balaban J connectivity index is 1.85. The maximum Gasteiger partial charge on any atom is 0.423 e. The van der Waals surface area contributed by atoms with E-state index in [4.69, 9.17) is 9.47 Å². The van der Waals surface area contributed by atoms with Crippen LogP contribution < -0.4 is 14.8 Å². The molecule has 0 unspecified atom stereocenters. The molecule has 30 heavy (non-hydrogen) atoms. The summed E-state index contributed by atoms with van der Waals surface area (Å²) < 4.78 is 76.0. The molecule has 2 heterocycles. The van der Waals surface area contributed by atoms with Gasteiger partial charge in [0.15, 0.2) is 0 Å². The van der Waals surface area contributed by atoms with Crippen molar-refractivity contribution in [1.82, 2.24) is 14.7 Å². The Morgan fingerprint density at radius 1 is 1.27 bits per heavy atom. The van der Waals surface area contributed by atoms with Gasteiger partial charge < -0.3 is 19.9 Å². The minimum Gasteiger partial charge on any atom is -0.471 e. The Morgan fingerprint density at radius 3 is 2.57 bits per heavy atom. The van der Waals surface area contributed by atoms with Gasteiger partial charge in [-0.15, -0.1) is 0 Å². The lowest BCUT2D eigenvalue weighted by atomic mass is 10.1. The van der Waals surface area contributed by atoms with E-state index in [-0.39, 0.29) is 30.5 Å². The van der Waals surface area contributed by atoms with Gasteiger partial charge >= 0.3 is 6.18 Å². The summed E-state index contributed by atoms with van der Waals surface area (Å²) in [5.74, 6) is -0.913. The van der Waals surface area contributed by atoms with Gasteiger partial charge in [0.1, 0.15) is 17.8 Å². The van der Waals surface area contributed by atoms with Gasteiger partial charge in [-0.25, -0.2) is 18.1 Å². The average molecular weight is 448 g/mol. The fourth-order valence-corrected chi connectivity index (χ4v) is 3.39. The van der Waals surface area contributed by atoms with Gasteiger partial charge in [0, 0.05) is 18.3 Å². The van der Waals surface area contributed by atoms with Crippen LogP contribution in [0.5, 0.6) is 5.88 Å². The predicted octanol–water partition coefficient (Wildman–Crippen LogP) is 1.68. The molecular formula is C17H19F3N4O5S. The number of nitrogens with one attached hydrogen (secondary N) is 2. The molecule has 1 aromatic carbocycles. The van der Waals surface area contributed by atoms with Crippen LogP contribution in [0.4, 0.5) is 24.8 Å². The van der Waals surface area contributed by atoms with Gasteiger partial charge in [0.25, 0.3) is 0 Å². The van der Waals surface area contributed by atoms with Crippen molar-refractivity contribution in [2.75, 3.05) is 25.6 Å². The molecule has 1 aliphatic heterocycles. The smallest absolute Gasteiger partial charge is 0.423 e. The van der Waals surface area contributed by atoms with Crippen molar-refractivity contribution in [3.05, 3.63) is 36.0 Å². The van der Waals surface area contributed by atoms with Gasteiger partial charge in [0.2, 0.25) is 21.9 Å². The van der Waals surface area contributed by atoms with Crippen LogP contribution in [0.3, 0.4) is 0 Å². The summed E-state index contributed by atoms with van der Waals surface area (Å²) in [6.45, 7) is 0.186. The number of rotatable bonds is 6. The first-order chi connectivity index (χ1) is 14.1. The van der Waals surface area contributed by atoms with Crippen LogP contribution in [-0.4, -0.2) is 56.0 Å². The summed E-state index contributed by atoms with van der Waals surface area (Å²) in [6.07, 6.45) is -5.97. The number of ether oxygens (including phenoxy) is 2. The number of aromatic nitrogens is 2. The van der Waals surface area contributed by atoms with E-state index in [1.54, 1.807) is 0 Å². The van der Waals surface area contributed by atoms with Crippen molar-refractivity contribution in [2.45, 2.75) is 29.7 Å². The summed E-state index contributed by atoms with van der Waals surface area (Å²) in [7, 11) is -2.35. The number of sulfonamides is 1. The van der Waals surface area contributed by atoms with Crippen molar-refractivity contribution < 1.29 is 36.2 Å². The number of aliphatic hydroxyl groups is 1. The summed E-state index contributed by atoms with van der Waals surface area (Å²) in [4.78, 5) is 7.48. The topological polar surface area (TPSA) is 123 Å². The first-order valence-electron chi connectivity index (χ1n) is 8.77. The molecule has 13 heteroatoms. The number of alkyl halides is 3.